The molecule has 3 atom stereocenters. The highest BCUT2D eigenvalue weighted by Gasteiger charge is 2.37. The van der Waals surface area contributed by atoms with Crippen LogP contribution >= 0.6 is 0 Å². The number of ether oxygens (including phenoxy) is 1. The molecule has 0 spiro atoms. The molecule has 0 aliphatic carbocycles. The van der Waals surface area contributed by atoms with E-state index < -0.39 is 23.8 Å². The average molecular weight is 518 g/mol. The molecule has 2 N–H and O–H groups in total. The number of hydrogen-bond acceptors (Lipinski definition) is 4. The molecule has 37 heavy (non-hydrogen) atoms. The Balaban J connectivity index is 3.42. The van der Waals surface area contributed by atoms with Gasteiger partial charge in [0.2, 0.25) is 11.8 Å². The van der Waals surface area contributed by atoms with Gasteiger partial charge in [-0.3, -0.25) is 9.59 Å². The second-order valence-corrected chi connectivity index (χ2v) is 11.1. The molecule has 3 amide bonds. The molecular weight excluding hydrogens is 466 g/mol. The van der Waals surface area contributed by atoms with Crippen molar-refractivity contribution in [3.8, 4) is 0 Å². The minimum atomic E-state index is -0.803. The Kier molecular flexibility index (Phi) is 14.3. The Labute approximate surface area is 225 Å². The van der Waals surface area contributed by atoms with Gasteiger partial charge in [0, 0.05) is 13.1 Å². The van der Waals surface area contributed by atoms with Crippen LogP contribution in [0.5, 0.6) is 0 Å². The standard InChI is InChI=1S/C30H51N3O4/c1-9-12-14-20-31-27(34)26(24-18-16-22(4)17-19-24)33(21-15-13-10-2)28(35)25(23(5)11-3)32-29(36)37-30(6,7)8/h16-19,23,25-26H,9-15,20-21H2,1-8H3,(H,31,34)(H,32,36). The first-order chi connectivity index (χ1) is 17.4. The summed E-state index contributed by atoms with van der Waals surface area (Å²) in [6, 6.07) is 6.19. The number of nitrogens with zero attached hydrogens (tertiary/aromatic N) is 1. The lowest BCUT2D eigenvalue weighted by Crippen LogP contribution is -2.55. The monoisotopic (exact) mass is 517 g/mol. The van der Waals surface area contributed by atoms with E-state index in [4.69, 9.17) is 4.74 Å². The number of rotatable bonds is 15. The van der Waals surface area contributed by atoms with E-state index in [1.807, 2.05) is 45.0 Å². The number of amides is 3. The van der Waals surface area contributed by atoms with Crippen LogP contribution < -0.4 is 10.6 Å². The van der Waals surface area contributed by atoms with Gasteiger partial charge in [0.1, 0.15) is 17.7 Å². The third-order valence-electron chi connectivity index (χ3n) is 6.47. The minimum absolute atomic E-state index is 0.139. The van der Waals surface area contributed by atoms with Crippen LogP contribution in [0.15, 0.2) is 24.3 Å². The molecule has 210 valence electrons. The Morgan fingerprint density at radius 2 is 1.54 bits per heavy atom. The summed E-state index contributed by atoms with van der Waals surface area (Å²) < 4.78 is 5.47. The molecule has 0 radical (unpaired) electrons. The summed E-state index contributed by atoms with van der Waals surface area (Å²) >= 11 is 0. The van der Waals surface area contributed by atoms with Gasteiger partial charge in [0.05, 0.1) is 0 Å². The highest BCUT2D eigenvalue weighted by Crippen LogP contribution is 2.26. The number of hydrogen-bond donors (Lipinski definition) is 2. The number of benzene rings is 1. The fourth-order valence-corrected chi connectivity index (χ4v) is 4.10. The quantitative estimate of drug-likeness (QED) is 0.267. The molecule has 1 aromatic carbocycles. The molecule has 0 aliphatic heterocycles. The van der Waals surface area contributed by atoms with Crippen LogP contribution in [0.4, 0.5) is 4.79 Å². The lowest BCUT2D eigenvalue weighted by Gasteiger charge is -2.36. The number of alkyl carbamates (subject to hydrolysis) is 1. The lowest BCUT2D eigenvalue weighted by atomic mass is 9.95. The third-order valence-corrected chi connectivity index (χ3v) is 6.47. The van der Waals surface area contributed by atoms with Crippen LogP contribution in [0.1, 0.15) is 111 Å². The van der Waals surface area contributed by atoms with Crippen LogP contribution in [-0.4, -0.2) is 47.5 Å². The minimum Gasteiger partial charge on any atom is -0.444 e. The second-order valence-electron chi connectivity index (χ2n) is 11.1. The van der Waals surface area contributed by atoms with Crippen molar-refractivity contribution in [1.82, 2.24) is 15.5 Å². The number of carbonyl (C=O) groups excluding carboxylic acids is 3. The largest absolute Gasteiger partial charge is 0.444 e. The van der Waals surface area contributed by atoms with E-state index in [1.54, 1.807) is 25.7 Å². The van der Waals surface area contributed by atoms with E-state index >= 15 is 0 Å². The van der Waals surface area contributed by atoms with E-state index in [2.05, 4.69) is 24.5 Å². The summed E-state index contributed by atoms with van der Waals surface area (Å²) in [5.74, 6) is -0.587. The molecular formula is C30H51N3O4. The van der Waals surface area contributed by atoms with E-state index in [9.17, 15) is 14.4 Å². The molecule has 0 heterocycles. The lowest BCUT2D eigenvalue weighted by molar-refractivity contribution is -0.143. The maximum absolute atomic E-state index is 14.2. The van der Waals surface area contributed by atoms with Gasteiger partial charge in [-0.2, -0.15) is 0 Å². The van der Waals surface area contributed by atoms with Crippen molar-refractivity contribution in [3.05, 3.63) is 35.4 Å². The third kappa shape index (κ3) is 11.6. The highest BCUT2D eigenvalue weighted by atomic mass is 16.6. The molecule has 0 bridgehead atoms. The molecule has 1 rings (SSSR count). The van der Waals surface area contributed by atoms with Crippen molar-refractivity contribution < 1.29 is 19.1 Å². The maximum Gasteiger partial charge on any atom is 0.408 e. The summed E-state index contributed by atoms with van der Waals surface area (Å²) in [6.07, 6.45) is 5.75. The van der Waals surface area contributed by atoms with Gasteiger partial charge >= 0.3 is 6.09 Å². The predicted molar refractivity (Wildman–Crippen MR) is 150 cm³/mol. The zero-order valence-corrected chi connectivity index (χ0v) is 24.5. The molecule has 3 unspecified atom stereocenters. The highest BCUT2D eigenvalue weighted by molar-refractivity contribution is 5.92. The molecule has 7 nitrogen and oxygen atoms in total. The average Bonchev–Trinajstić information content (AvgIpc) is 2.83. The van der Waals surface area contributed by atoms with E-state index in [-0.39, 0.29) is 17.7 Å². The Morgan fingerprint density at radius 3 is 2.08 bits per heavy atom. The fraction of sp³-hybridized carbons (Fsp3) is 0.700. The van der Waals surface area contributed by atoms with Crippen molar-refractivity contribution in [2.75, 3.05) is 13.1 Å². The van der Waals surface area contributed by atoms with Crippen molar-refractivity contribution >= 4 is 17.9 Å². The number of carbonyl (C=O) groups is 3. The van der Waals surface area contributed by atoms with E-state index in [0.29, 0.717) is 19.5 Å². The van der Waals surface area contributed by atoms with E-state index in [1.165, 1.54) is 0 Å². The molecule has 0 aliphatic rings. The van der Waals surface area contributed by atoms with Crippen molar-refractivity contribution in [2.24, 2.45) is 5.92 Å². The number of aryl methyl sites for hydroxylation is 1. The summed E-state index contributed by atoms with van der Waals surface area (Å²) in [7, 11) is 0. The topological polar surface area (TPSA) is 87.7 Å². The van der Waals surface area contributed by atoms with Crippen molar-refractivity contribution in [3.63, 3.8) is 0 Å². The van der Waals surface area contributed by atoms with Crippen LogP contribution in [-0.2, 0) is 14.3 Å². The van der Waals surface area contributed by atoms with Crippen LogP contribution in [0, 0.1) is 12.8 Å². The first-order valence-corrected chi connectivity index (χ1v) is 14.1. The summed E-state index contributed by atoms with van der Waals surface area (Å²) in [5.41, 5.74) is 1.17. The smallest absolute Gasteiger partial charge is 0.408 e. The zero-order valence-electron chi connectivity index (χ0n) is 24.5. The molecule has 0 saturated carbocycles. The normalized spacial score (nSPS) is 13.8. The van der Waals surface area contributed by atoms with Crippen molar-refractivity contribution in [2.45, 2.75) is 118 Å². The van der Waals surface area contributed by atoms with Crippen LogP contribution in [0.3, 0.4) is 0 Å². The van der Waals surface area contributed by atoms with Gasteiger partial charge in [-0.25, -0.2) is 4.79 Å². The predicted octanol–water partition coefficient (Wildman–Crippen LogP) is 6.30. The van der Waals surface area contributed by atoms with Gasteiger partial charge in [-0.15, -0.1) is 0 Å². The van der Waals surface area contributed by atoms with Gasteiger partial charge in [0.25, 0.3) is 0 Å². The first kappa shape index (κ1) is 32.5. The maximum atomic E-state index is 14.2. The number of nitrogens with one attached hydrogen (secondary N) is 2. The van der Waals surface area contributed by atoms with Crippen molar-refractivity contribution in [1.29, 1.82) is 0 Å². The first-order valence-electron chi connectivity index (χ1n) is 14.1. The molecule has 0 saturated heterocycles. The second kappa shape index (κ2) is 16.3. The summed E-state index contributed by atoms with van der Waals surface area (Å²) in [5, 5.41) is 5.89. The number of unbranched alkanes of at least 4 members (excludes halogenated alkanes) is 4. The Morgan fingerprint density at radius 1 is 0.946 bits per heavy atom. The van der Waals surface area contributed by atoms with Gasteiger partial charge < -0.3 is 20.3 Å². The fourth-order valence-electron chi connectivity index (χ4n) is 4.10. The summed E-state index contributed by atoms with van der Waals surface area (Å²) in [6.45, 7) is 16.5. The SMILES string of the molecule is CCCCCNC(=O)C(c1ccc(C)cc1)N(CCCCC)C(=O)C(NC(=O)OC(C)(C)C)C(C)CC. The molecule has 7 heteroatoms. The molecule has 0 fully saturated rings. The van der Waals surface area contributed by atoms with E-state index in [0.717, 1.165) is 49.7 Å². The molecule has 0 aromatic heterocycles. The van der Waals surface area contributed by atoms with Gasteiger partial charge in [0.15, 0.2) is 0 Å². The Hall–Kier alpha value is -2.57. The molecule has 1 aromatic rings. The van der Waals surface area contributed by atoms with Gasteiger partial charge in [-0.1, -0.05) is 89.6 Å². The van der Waals surface area contributed by atoms with Crippen LogP contribution in [0.2, 0.25) is 0 Å². The zero-order chi connectivity index (χ0) is 28.0. The Bertz CT molecular complexity index is 832. The van der Waals surface area contributed by atoms with Gasteiger partial charge in [-0.05, 0) is 52.0 Å². The summed E-state index contributed by atoms with van der Waals surface area (Å²) in [4.78, 5) is 42.2. The van der Waals surface area contributed by atoms with Crippen LogP contribution in [0.25, 0.3) is 0 Å².